The Kier molecular flexibility index (Phi) is 3.14. The van der Waals surface area contributed by atoms with Gasteiger partial charge in [0.15, 0.2) is 0 Å². The van der Waals surface area contributed by atoms with Crippen molar-refractivity contribution in [3.05, 3.63) is 0 Å². The average Bonchev–Trinajstić information content (AvgIpc) is 2.65. The van der Waals surface area contributed by atoms with E-state index in [1.807, 2.05) is 6.92 Å². The first-order chi connectivity index (χ1) is 6.00. The van der Waals surface area contributed by atoms with E-state index in [0.717, 1.165) is 6.42 Å². The number of carbonyl (C=O) groups excluding carboxylic acids is 2. The van der Waals surface area contributed by atoms with Crippen molar-refractivity contribution in [3.8, 4) is 0 Å². The summed E-state index contributed by atoms with van der Waals surface area (Å²) in [5.41, 5.74) is 0. The zero-order valence-corrected chi connectivity index (χ0v) is 8.39. The molecule has 0 heterocycles. The third-order valence-corrected chi connectivity index (χ3v) is 2.22. The van der Waals surface area contributed by atoms with Crippen LogP contribution >= 0.6 is 11.6 Å². The minimum atomic E-state index is -0.678. The van der Waals surface area contributed by atoms with E-state index in [2.05, 4.69) is 10.6 Å². The summed E-state index contributed by atoms with van der Waals surface area (Å²) in [7, 11) is 0. The highest BCUT2D eigenvalue weighted by molar-refractivity contribution is 6.31. The third-order valence-electron chi connectivity index (χ3n) is 2.02. The van der Waals surface area contributed by atoms with Crippen molar-refractivity contribution >= 4 is 23.5 Å². The zero-order chi connectivity index (χ0) is 10.0. The number of halogens is 1. The van der Waals surface area contributed by atoms with E-state index in [-0.39, 0.29) is 6.04 Å². The summed E-state index contributed by atoms with van der Waals surface area (Å²) in [6.45, 7) is 3.56. The van der Waals surface area contributed by atoms with Crippen LogP contribution in [-0.2, 0) is 4.79 Å². The first-order valence-corrected chi connectivity index (χ1v) is 4.69. The monoisotopic (exact) mass is 204 g/mol. The molecule has 1 rings (SSSR count). The second-order valence-electron chi connectivity index (χ2n) is 3.40. The summed E-state index contributed by atoms with van der Waals surface area (Å²) in [4.78, 5) is 22.0. The van der Waals surface area contributed by atoms with Crippen LogP contribution in [0.2, 0.25) is 0 Å². The molecule has 0 aliphatic heterocycles. The molecule has 1 aliphatic rings. The second-order valence-corrected chi connectivity index (χ2v) is 4.05. The molecule has 3 unspecified atom stereocenters. The van der Waals surface area contributed by atoms with Crippen LogP contribution < -0.4 is 10.6 Å². The minimum Gasteiger partial charge on any atom is -0.335 e. The highest BCUT2D eigenvalue weighted by Gasteiger charge is 2.34. The number of urea groups is 1. The Hall–Kier alpha value is -0.770. The van der Waals surface area contributed by atoms with E-state index in [9.17, 15) is 9.59 Å². The van der Waals surface area contributed by atoms with Gasteiger partial charge in [0.25, 0.3) is 0 Å². The number of carbonyl (C=O) groups is 2. The lowest BCUT2D eigenvalue weighted by atomic mass is 10.4. The van der Waals surface area contributed by atoms with Gasteiger partial charge < -0.3 is 5.32 Å². The number of rotatable bonds is 2. The maximum atomic E-state index is 11.1. The Morgan fingerprint density at radius 2 is 2.08 bits per heavy atom. The van der Waals surface area contributed by atoms with Crippen molar-refractivity contribution in [1.29, 1.82) is 0 Å². The molecular formula is C8H13ClN2O2. The molecule has 4 nitrogen and oxygen atoms in total. The molecule has 1 fully saturated rings. The van der Waals surface area contributed by atoms with Crippen molar-refractivity contribution in [1.82, 2.24) is 10.6 Å². The summed E-state index contributed by atoms with van der Waals surface area (Å²) in [6, 6.07) is -0.231. The largest absolute Gasteiger partial charge is 0.335 e. The van der Waals surface area contributed by atoms with Crippen LogP contribution in [0, 0.1) is 5.92 Å². The van der Waals surface area contributed by atoms with Gasteiger partial charge in [-0.05, 0) is 19.3 Å². The standard InChI is InChI=1S/C8H13ClN2O2/c1-4-3-6(4)10-8(13)11-7(12)5(2)9/h4-6H,3H2,1-2H3,(H2,10,11,12,13). The predicted octanol–water partition coefficient (Wildman–Crippen LogP) is 0.848. The SMILES string of the molecule is CC(Cl)C(=O)NC(=O)NC1CC1C. The molecule has 0 spiro atoms. The highest BCUT2D eigenvalue weighted by atomic mass is 35.5. The normalized spacial score (nSPS) is 27.6. The first-order valence-electron chi connectivity index (χ1n) is 4.26. The highest BCUT2D eigenvalue weighted by Crippen LogP contribution is 2.28. The summed E-state index contributed by atoms with van der Waals surface area (Å²) in [5, 5.41) is 4.13. The molecule has 3 atom stereocenters. The van der Waals surface area contributed by atoms with Crippen molar-refractivity contribution in [2.45, 2.75) is 31.7 Å². The van der Waals surface area contributed by atoms with Crippen molar-refractivity contribution in [2.75, 3.05) is 0 Å². The van der Waals surface area contributed by atoms with Gasteiger partial charge in [0.2, 0.25) is 5.91 Å². The van der Waals surface area contributed by atoms with E-state index in [1.54, 1.807) is 0 Å². The third kappa shape index (κ3) is 3.22. The summed E-state index contributed by atoms with van der Waals surface area (Å²) in [5.74, 6) is 0.0572. The number of hydrogen-bond donors (Lipinski definition) is 2. The van der Waals surface area contributed by atoms with E-state index < -0.39 is 17.3 Å². The Labute approximate surface area is 82.0 Å². The summed E-state index contributed by atoms with van der Waals surface area (Å²) in [6.07, 6.45) is 0.984. The Morgan fingerprint density at radius 1 is 1.54 bits per heavy atom. The molecule has 2 N–H and O–H groups in total. The molecule has 0 aromatic rings. The number of amides is 3. The van der Waals surface area contributed by atoms with E-state index in [4.69, 9.17) is 11.6 Å². The number of alkyl halides is 1. The number of hydrogen-bond acceptors (Lipinski definition) is 2. The maximum Gasteiger partial charge on any atom is 0.321 e. The molecule has 0 saturated heterocycles. The van der Waals surface area contributed by atoms with Crippen molar-refractivity contribution in [2.24, 2.45) is 5.92 Å². The van der Waals surface area contributed by atoms with Gasteiger partial charge in [-0.1, -0.05) is 6.92 Å². The van der Waals surface area contributed by atoms with Crippen LogP contribution in [0.4, 0.5) is 4.79 Å². The summed E-state index contributed by atoms with van der Waals surface area (Å²) >= 11 is 5.46. The Balaban J connectivity index is 2.21. The van der Waals surface area contributed by atoms with Gasteiger partial charge in [-0.15, -0.1) is 11.6 Å². The maximum absolute atomic E-state index is 11.1. The summed E-state index contributed by atoms with van der Waals surface area (Å²) < 4.78 is 0. The van der Waals surface area contributed by atoms with Gasteiger partial charge >= 0.3 is 6.03 Å². The molecule has 1 aliphatic carbocycles. The molecule has 0 aromatic carbocycles. The van der Waals surface area contributed by atoms with Crippen molar-refractivity contribution in [3.63, 3.8) is 0 Å². The molecule has 0 radical (unpaired) electrons. The molecule has 3 amide bonds. The fourth-order valence-electron chi connectivity index (χ4n) is 0.939. The number of nitrogens with one attached hydrogen (secondary N) is 2. The Morgan fingerprint density at radius 3 is 2.46 bits per heavy atom. The van der Waals surface area contributed by atoms with E-state index >= 15 is 0 Å². The number of imide groups is 1. The van der Waals surface area contributed by atoms with Gasteiger partial charge in [0.05, 0.1) is 0 Å². The molecule has 1 saturated carbocycles. The van der Waals surface area contributed by atoms with Crippen LogP contribution in [-0.4, -0.2) is 23.4 Å². The lowest BCUT2D eigenvalue weighted by Gasteiger charge is -2.06. The van der Waals surface area contributed by atoms with Crippen LogP contribution in [0.5, 0.6) is 0 Å². The topological polar surface area (TPSA) is 58.2 Å². The van der Waals surface area contributed by atoms with Crippen molar-refractivity contribution < 1.29 is 9.59 Å². The predicted molar refractivity (Wildman–Crippen MR) is 49.6 cm³/mol. The fraction of sp³-hybridized carbons (Fsp3) is 0.750. The van der Waals surface area contributed by atoms with Gasteiger partial charge in [-0.3, -0.25) is 10.1 Å². The molecule has 74 valence electrons. The molecule has 13 heavy (non-hydrogen) atoms. The first kappa shape index (κ1) is 10.3. The Bertz CT molecular complexity index is 230. The van der Waals surface area contributed by atoms with Crippen LogP contribution in [0.15, 0.2) is 0 Å². The molecular weight excluding hydrogens is 192 g/mol. The van der Waals surface area contributed by atoms with E-state index in [1.165, 1.54) is 6.92 Å². The van der Waals surface area contributed by atoms with Crippen LogP contribution in [0.25, 0.3) is 0 Å². The van der Waals surface area contributed by atoms with Gasteiger partial charge in [-0.25, -0.2) is 4.79 Å². The smallest absolute Gasteiger partial charge is 0.321 e. The zero-order valence-electron chi connectivity index (χ0n) is 7.63. The van der Waals surface area contributed by atoms with Crippen LogP contribution in [0.1, 0.15) is 20.3 Å². The second kappa shape index (κ2) is 3.96. The van der Waals surface area contributed by atoms with Gasteiger partial charge in [-0.2, -0.15) is 0 Å². The van der Waals surface area contributed by atoms with Gasteiger partial charge in [0, 0.05) is 6.04 Å². The average molecular weight is 205 g/mol. The molecule has 0 bridgehead atoms. The van der Waals surface area contributed by atoms with E-state index in [0.29, 0.717) is 5.92 Å². The minimum absolute atomic E-state index is 0.221. The molecule has 5 heteroatoms. The fourth-order valence-corrected chi connectivity index (χ4v) is 0.994. The lowest BCUT2D eigenvalue weighted by molar-refractivity contribution is -0.119. The lowest BCUT2D eigenvalue weighted by Crippen LogP contribution is -2.43. The van der Waals surface area contributed by atoms with Crippen LogP contribution in [0.3, 0.4) is 0 Å². The molecule has 0 aromatic heterocycles. The quantitative estimate of drug-likeness (QED) is 0.656. The van der Waals surface area contributed by atoms with Gasteiger partial charge in [0.1, 0.15) is 5.38 Å².